The second-order valence-electron chi connectivity index (χ2n) is 4.11. The van der Waals surface area contributed by atoms with Crippen LogP contribution in [0.2, 0.25) is 0 Å². The van der Waals surface area contributed by atoms with Crippen LogP contribution < -0.4 is 4.74 Å². The van der Waals surface area contributed by atoms with Gasteiger partial charge >= 0.3 is 18.3 Å². The molecule has 0 aliphatic carbocycles. The maximum absolute atomic E-state index is 12.8. The lowest BCUT2D eigenvalue weighted by Crippen LogP contribution is -2.41. The number of carboxylic acids is 1. The highest BCUT2D eigenvalue weighted by Gasteiger charge is 2.61. The molecular formula is C12H7F5O4. The monoisotopic (exact) mass is 310 g/mol. The third-order valence-corrected chi connectivity index (χ3v) is 2.63. The van der Waals surface area contributed by atoms with Gasteiger partial charge in [-0.25, -0.2) is 4.79 Å². The van der Waals surface area contributed by atoms with Crippen molar-refractivity contribution in [1.82, 2.24) is 0 Å². The first-order valence-corrected chi connectivity index (χ1v) is 5.43. The number of rotatable bonds is 3. The highest BCUT2D eigenvalue weighted by atomic mass is 19.4. The van der Waals surface area contributed by atoms with Crippen LogP contribution in [-0.2, 0) is 0 Å². The van der Waals surface area contributed by atoms with E-state index in [0.717, 1.165) is 18.2 Å². The molecule has 0 fully saturated rings. The van der Waals surface area contributed by atoms with E-state index in [1.165, 1.54) is 6.92 Å². The van der Waals surface area contributed by atoms with Gasteiger partial charge in [0.2, 0.25) is 0 Å². The topological polar surface area (TPSA) is 59.7 Å². The highest BCUT2D eigenvalue weighted by molar-refractivity contribution is 6.03. The number of carboxylic acid groups (broad SMARTS) is 1. The summed E-state index contributed by atoms with van der Waals surface area (Å²) in [6, 6.07) is 2.64. The van der Waals surface area contributed by atoms with Crippen molar-refractivity contribution in [3.05, 3.63) is 29.5 Å². The van der Waals surface area contributed by atoms with Gasteiger partial charge in [-0.2, -0.15) is 22.0 Å². The van der Waals surface area contributed by atoms with Crippen molar-refractivity contribution in [3.8, 4) is 5.75 Å². The van der Waals surface area contributed by atoms with Crippen LogP contribution in [0.3, 0.4) is 0 Å². The molecule has 0 spiro atoms. The predicted octanol–water partition coefficient (Wildman–Crippen LogP) is 3.97. The molecule has 0 aliphatic rings. The first-order valence-electron chi connectivity index (χ1n) is 5.43. The lowest BCUT2D eigenvalue weighted by atomic mass is 10.1. The number of hydrogen-bond donors (Lipinski definition) is 1. The zero-order valence-corrected chi connectivity index (χ0v) is 10.3. The predicted molar refractivity (Wildman–Crippen MR) is 59.5 cm³/mol. The molecule has 1 N–H and O–H groups in total. The number of fused-ring (bicyclic) bond motifs is 1. The molecule has 2 rings (SSSR count). The highest BCUT2D eigenvalue weighted by Crippen LogP contribution is 2.38. The standard InChI is InChI=1S/C12H7F5O4/c1-5-9(10(18)19)7-4-6(2-3-8(7)20-5)21-12(16,17)11(13,14)15/h2-4H,1H3,(H,18,19). The van der Waals surface area contributed by atoms with E-state index in [1.807, 2.05) is 0 Å². The molecule has 0 saturated heterocycles. The van der Waals surface area contributed by atoms with Crippen molar-refractivity contribution < 1.29 is 41.0 Å². The van der Waals surface area contributed by atoms with Crippen LogP contribution in [0.1, 0.15) is 16.1 Å². The Morgan fingerprint density at radius 2 is 1.86 bits per heavy atom. The van der Waals surface area contributed by atoms with Gasteiger partial charge in [0.25, 0.3) is 0 Å². The van der Waals surface area contributed by atoms with E-state index in [-0.39, 0.29) is 22.3 Å². The lowest BCUT2D eigenvalue weighted by molar-refractivity contribution is -0.360. The summed E-state index contributed by atoms with van der Waals surface area (Å²) < 4.78 is 70.5. The van der Waals surface area contributed by atoms with Gasteiger partial charge < -0.3 is 14.3 Å². The molecule has 0 saturated carbocycles. The van der Waals surface area contributed by atoms with Crippen LogP contribution in [0.15, 0.2) is 22.6 Å². The Hall–Kier alpha value is -2.32. The fourth-order valence-electron chi connectivity index (χ4n) is 1.73. The van der Waals surface area contributed by atoms with Crippen molar-refractivity contribution in [2.45, 2.75) is 19.2 Å². The van der Waals surface area contributed by atoms with E-state index in [4.69, 9.17) is 9.52 Å². The number of carbonyl (C=O) groups is 1. The SMILES string of the molecule is Cc1oc2ccc(OC(F)(F)C(F)(F)F)cc2c1C(=O)O. The van der Waals surface area contributed by atoms with E-state index >= 15 is 0 Å². The largest absolute Gasteiger partial charge is 0.499 e. The number of hydrogen-bond acceptors (Lipinski definition) is 3. The van der Waals surface area contributed by atoms with Crippen molar-refractivity contribution >= 4 is 16.9 Å². The molecule has 0 radical (unpaired) electrons. The van der Waals surface area contributed by atoms with Gasteiger partial charge in [0.1, 0.15) is 22.7 Å². The Bertz CT molecular complexity index is 701. The van der Waals surface area contributed by atoms with Crippen LogP contribution in [-0.4, -0.2) is 23.4 Å². The van der Waals surface area contributed by atoms with E-state index in [9.17, 15) is 26.7 Å². The molecule has 0 bridgehead atoms. The zero-order valence-electron chi connectivity index (χ0n) is 10.3. The van der Waals surface area contributed by atoms with E-state index in [2.05, 4.69) is 4.74 Å². The van der Waals surface area contributed by atoms with Gasteiger partial charge in [-0.05, 0) is 25.1 Å². The van der Waals surface area contributed by atoms with Crippen molar-refractivity contribution in [2.75, 3.05) is 0 Å². The minimum Gasteiger partial charge on any atom is -0.478 e. The molecule has 114 valence electrons. The quantitative estimate of drug-likeness (QED) is 0.871. The first-order chi connectivity index (χ1) is 9.53. The molecule has 2 aromatic rings. The Kier molecular flexibility index (Phi) is 3.31. The number of ether oxygens (including phenoxy) is 1. The Balaban J connectivity index is 2.48. The van der Waals surface area contributed by atoms with Crippen LogP contribution in [0, 0.1) is 6.92 Å². The molecule has 4 nitrogen and oxygen atoms in total. The van der Waals surface area contributed by atoms with Crippen molar-refractivity contribution in [2.24, 2.45) is 0 Å². The van der Waals surface area contributed by atoms with Crippen molar-refractivity contribution in [1.29, 1.82) is 0 Å². The molecule has 0 unspecified atom stereocenters. The minimum atomic E-state index is -5.89. The Morgan fingerprint density at radius 3 is 2.38 bits per heavy atom. The second-order valence-corrected chi connectivity index (χ2v) is 4.11. The molecule has 1 aromatic carbocycles. The molecule has 1 aromatic heterocycles. The molecule has 0 atom stereocenters. The van der Waals surface area contributed by atoms with E-state index < -0.39 is 24.0 Å². The van der Waals surface area contributed by atoms with Crippen molar-refractivity contribution in [3.63, 3.8) is 0 Å². The molecule has 0 amide bonds. The molecule has 9 heteroatoms. The fourth-order valence-corrected chi connectivity index (χ4v) is 1.73. The second kappa shape index (κ2) is 4.61. The third-order valence-electron chi connectivity index (χ3n) is 2.63. The number of furan rings is 1. The molecular weight excluding hydrogens is 303 g/mol. The summed E-state index contributed by atoms with van der Waals surface area (Å²) in [5.41, 5.74) is -0.293. The summed E-state index contributed by atoms with van der Waals surface area (Å²) in [7, 11) is 0. The summed E-state index contributed by atoms with van der Waals surface area (Å²) in [4.78, 5) is 11.0. The summed E-state index contributed by atoms with van der Waals surface area (Å²) in [6.45, 7) is 1.33. The average molecular weight is 310 g/mol. The Morgan fingerprint density at radius 1 is 1.24 bits per heavy atom. The van der Waals surface area contributed by atoms with Gasteiger partial charge in [-0.3, -0.25) is 0 Å². The summed E-state index contributed by atoms with van der Waals surface area (Å²) in [5.74, 6) is -2.23. The minimum absolute atomic E-state index is 0.00256. The smallest absolute Gasteiger partial charge is 0.478 e. The summed E-state index contributed by atoms with van der Waals surface area (Å²) in [6.07, 6.45) is -11.3. The van der Waals surface area contributed by atoms with Crippen LogP contribution >= 0.6 is 0 Å². The van der Waals surface area contributed by atoms with Crippen LogP contribution in [0.5, 0.6) is 5.75 Å². The number of aromatic carboxylic acids is 1. The lowest BCUT2D eigenvalue weighted by Gasteiger charge is -2.20. The number of halogens is 5. The van der Waals surface area contributed by atoms with Gasteiger partial charge in [0.15, 0.2) is 0 Å². The van der Waals surface area contributed by atoms with E-state index in [1.54, 1.807) is 0 Å². The summed E-state index contributed by atoms with van der Waals surface area (Å²) in [5, 5.41) is 8.85. The fraction of sp³-hybridized carbons (Fsp3) is 0.250. The third kappa shape index (κ3) is 2.63. The number of aryl methyl sites for hydroxylation is 1. The first kappa shape index (κ1) is 15.1. The molecule has 1 heterocycles. The maximum atomic E-state index is 12.8. The summed E-state index contributed by atoms with van der Waals surface area (Å²) >= 11 is 0. The van der Waals surface area contributed by atoms with Gasteiger partial charge in [-0.15, -0.1) is 0 Å². The normalized spacial score (nSPS) is 12.7. The molecule has 0 aliphatic heterocycles. The maximum Gasteiger partial charge on any atom is 0.499 e. The Labute approximate surface area is 113 Å². The van der Waals surface area contributed by atoms with Gasteiger partial charge in [-0.1, -0.05) is 0 Å². The van der Waals surface area contributed by atoms with Crippen LogP contribution in [0.4, 0.5) is 22.0 Å². The zero-order chi connectivity index (χ0) is 16.0. The van der Waals surface area contributed by atoms with Crippen LogP contribution in [0.25, 0.3) is 11.0 Å². The van der Waals surface area contributed by atoms with E-state index in [0.29, 0.717) is 0 Å². The average Bonchev–Trinajstić information content (AvgIpc) is 2.62. The molecule has 21 heavy (non-hydrogen) atoms. The number of alkyl halides is 5. The van der Waals surface area contributed by atoms with Gasteiger partial charge in [0.05, 0.1) is 0 Å². The number of benzene rings is 1. The van der Waals surface area contributed by atoms with Gasteiger partial charge in [0, 0.05) is 5.39 Å².